The van der Waals surface area contributed by atoms with E-state index in [1.807, 2.05) is 0 Å². The van der Waals surface area contributed by atoms with E-state index in [0.29, 0.717) is 5.56 Å². The van der Waals surface area contributed by atoms with Gasteiger partial charge in [-0.2, -0.15) is 0 Å². The van der Waals surface area contributed by atoms with Crippen LogP contribution in [-0.2, 0) is 6.42 Å². The largest absolute Gasteiger partial charge is 0.0654 e. The predicted molar refractivity (Wildman–Crippen MR) is 45.1 cm³/mol. The van der Waals surface area contributed by atoms with Crippen LogP contribution in [-0.4, -0.2) is 0 Å². The molecule has 10 heavy (non-hydrogen) atoms. The van der Waals surface area contributed by atoms with Gasteiger partial charge in [0.2, 0.25) is 0 Å². The highest BCUT2D eigenvalue weighted by molar-refractivity contribution is 5.14. The fraction of sp³-hybridized carbons (Fsp3) is 0.400. The Bertz CT molecular complexity index is 366. The minimum Gasteiger partial charge on any atom is -0.0654 e. The van der Waals surface area contributed by atoms with Crippen molar-refractivity contribution in [3.05, 3.63) is 35.9 Å². The Kier molecular flexibility index (Phi) is 0.971. The molecule has 0 bridgehead atoms. The van der Waals surface area contributed by atoms with Crippen LogP contribution in [0.2, 0.25) is 0 Å². The lowest BCUT2D eigenvalue weighted by Crippen LogP contribution is -1.81. The van der Waals surface area contributed by atoms with E-state index in [1.165, 1.54) is 0 Å². The fourth-order valence-corrected chi connectivity index (χ4v) is 0.742. The minimum absolute atomic E-state index is 0.265. The highest BCUT2D eigenvalue weighted by atomic mass is 13.9. The first-order chi connectivity index (χ1) is 7.58. The second kappa shape index (κ2) is 4.10. The van der Waals surface area contributed by atoms with Crippen LogP contribution >= 0.6 is 0 Å². The topological polar surface area (TPSA) is 0 Å². The van der Waals surface area contributed by atoms with Crippen LogP contribution in [0.3, 0.4) is 0 Å². The summed E-state index contributed by atoms with van der Waals surface area (Å²) >= 11 is 0. The van der Waals surface area contributed by atoms with Crippen molar-refractivity contribution in [3.8, 4) is 0 Å². The fourth-order valence-electron chi connectivity index (χ4n) is 0.742. The molecule has 54 valence electrons. The van der Waals surface area contributed by atoms with E-state index < -0.39 is 19.6 Å². The molecule has 0 atom stereocenters. The molecule has 0 saturated carbocycles. The van der Waals surface area contributed by atoms with Gasteiger partial charge in [0, 0.05) is 9.60 Å². The molecule has 0 aliphatic carbocycles. The lowest BCUT2D eigenvalue weighted by molar-refractivity contribution is 0.795. The summed E-state index contributed by atoms with van der Waals surface area (Å²) in [5, 5.41) is 0. The molecule has 0 heterocycles. The number of rotatable bonds is 3. The molecule has 0 spiro atoms. The van der Waals surface area contributed by atoms with Gasteiger partial charge in [-0.3, -0.25) is 0 Å². The molecule has 0 saturated heterocycles. The zero-order valence-corrected chi connectivity index (χ0v) is 5.59. The predicted octanol–water partition coefficient (Wildman–Crippen LogP) is 3.03. The summed E-state index contributed by atoms with van der Waals surface area (Å²) in [5.74, 6) is 0. The number of hydrogen-bond donors (Lipinski definition) is 0. The summed E-state index contributed by atoms with van der Waals surface area (Å²) in [6, 6.07) is 8.46. The maximum atomic E-state index is 7.65. The molecule has 0 heteroatoms. The van der Waals surface area contributed by atoms with Gasteiger partial charge in [0.1, 0.15) is 0 Å². The second-order valence-electron chi connectivity index (χ2n) is 1.96. The first-order valence-corrected chi connectivity index (χ1v) is 3.12. The van der Waals surface area contributed by atoms with Gasteiger partial charge in [0.15, 0.2) is 0 Å². The van der Waals surface area contributed by atoms with Gasteiger partial charge in [-0.25, -0.2) is 0 Å². The Hall–Kier alpha value is -0.780. The molecule has 1 rings (SSSR count). The highest BCUT2D eigenvalue weighted by Gasteiger charge is 1.87. The van der Waals surface area contributed by atoms with Crippen molar-refractivity contribution >= 4 is 0 Å². The molecular weight excluding hydrogens is 120 g/mol. The monoisotopic (exact) mass is 141 g/mol. The van der Waals surface area contributed by atoms with Gasteiger partial charge in [-0.1, -0.05) is 43.6 Å². The van der Waals surface area contributed by atoms with E-state index in [9.17, 15) is 0 Å². The van der Waals surface area contributed by atoms with E-state index in [4.69, 9.17) is 9.60 Å². The third-order valence-electron chi connectivity index (χ3n) is 1.22. The SMILES string of the molecule is [2H]C([2H])([2H])C([2H])([2H])C([2H])([2H])Cc1ccccc1. The normalized spacial score (nSPS) is 24.2. The van der Waals surface area contributed by atoms with E-state index in [2.05, 4.69) is 0 Å². The maximum Gasteiger partial charge on any atom is 0.0270 e. The molecule has 1 aromatic carbocycles. The van der Waals surface area contributed by atoms with Crippen molar-refractivity contribution in [3.63, 3.8) is 0 Å². The number of aryl methyl sites for hydroxylation is 1. The zero-order chi connectivity index (χ0) is 13.3. The first kappa shape index (κ1) is 2.37. The van der Waals surface area contributed by atoms with Crippen molar-refractivity contribution in [2.45, 2.75) is 26.0 Å². The maximum absolute atomic E-state index is 7.65. The quantitative estimate of drug-likeness (QED) is 0.607. The van der Waals surface area contributed by atoms with Crippen LogP contribution in [0.4, 0.5) is 0 Å². The standard InChI is InChI=1S/C10H14/c1-2-3-7-10-8-5-4-6-9-10/h4-6,8-9H,2-3,7H2,1H3/i1D3,2D2,3D2. The molecule has 0 unspecified atom stereocenters. The van der Waals surface area contributed by atoms with E-state index in [1.54, 1.807) is 30.3 Å². The Labute approximate surface area is 72.7 Å². The van der Waals surface area contributed by atoms with Crippen LogP contribution in [0.1, 0.15) is 34.8 Å². The smallest absolute Gasteiger partial charge is 0.0270 e. The van der Waals surface area contributed by atoms with Gasteiger partial charge in [0.25, 0.3) is 0 Å². The Morgan fingerprint density at radius 1 is 1.40 bits per heavy atom. The van der Waals surface area contributed by atoms with Crippen molar-refractivity contribution in [2.24, 2.45) is 0 Å². The van der Waals surface area contributed by atoms with Crippen molar-refractivity contribution < 1.29 is 9.60 Å². The van der Waals surface area contributed by atoms with E-state index in [0.717, 1.165) is 0 Å². The summed E-state index contributed by atoms with van der Waals surface area (Å²) in [5.41, 5.74) is 0.575. The average Bonchev–Trinajstić information content (AvgIpc) is 2.16. The van der Waals surface area contributed by atoms with Gasteiger partial charge >= 0.3 is 0 Å². The summed E-state index contributed by atoms with van der Waals surface area (Å²) in [6.45, 7) is -2.98. The Morgan fingerprint density at radius 2 is 2.20 bits per heavy atom. The van der Waals surface area contributed by atoms with Gasteiger partial charge in [-0.05, 0) is 18.4 Å². The molecule has 0 amide bonds. The van der Waals surface area contributed by atoms with Crippen molar-refractivity contribution in [1.29, 1.82) is 0 Å². The molecule has 0 aliphatic heterocycles. The summed E-state index contributed by atoms with van der Waals surface area (Å²) < 4.78 is 51.4. The molecule has 0 radical (unpaired) electrons. The highest BCUT2D eigenvalue weighted by Crippen LogP contribution is 2.03. The molecular formula is C10H14. The van der Waals surface area contributed by atoms with Crippen LogP contribution in [0.25, 0.3) is 0 Å². The lowest BCUT2D eigenvalue weighted by atomic mass is 10.1. The van der Waals surface area contributed by atoms with Gasteiger partial charge in [0.05, 0.1) is 0 Å². The summed E-state index contributed by atoms with van der Waals surface area (Å²) in [6.07, 6.45) is -5.59. The van der Waals surface area contributed by atoms with Gasteiger partial charge in [-0.15, -0.1) is 0 Å². The van der Waals surface area contributed by atoms with Crippen LogP contribution in [0, 0.1) is 0 Å². The van der Waals surface area contributed by atoms with Crippen LogP contribution in [0.5, 0.6) is 0 Å². The van der Waals surface area contributed by atoms with E-state index in [-0.39, 0.29) is 6.42 Å². The number of benzene rings is 1. The minimum atomic E-state index is -2.98. The van der Waals surface area contributed by atoms with Crippen molar-refractivity contribution in [1.82, 2.24) is 0 Å². The van der Waals surface area contributed by atoms with Crippen LogP contribution in [0.15, 0.2) is 30.3 Å². The molecule has 0 fully saturated rings. The van der Waals surface area contributed by atoms with Crippen LogP contribution < -0.4 is 0 Å². The molecule has 0 nitrogen and oxygen atoms in total. The number of hydrogen-bond acceptors (Lipinski definition) is 0. The average molecular weight is 141 g/mol. The van der Waals surface area contributed by atoms with Gasteiger partial charge < -0.3 is 0 Å². The molecule has 0 aromatic heterocycles. The molecule has 1 aromatic rings. The first-order valence-electron chi connectivity index (χ1n) is 6.62. The lowest BCUT2D eigenvalue weighted by Gasteiger charge is -1.96. The Morgan fingerprint density at radius 3 is 2.90 bits per heavy atom. The van der Waals surface area contributed by atoms with Crippen molar-refractivity contribution in [2.75, 3.05) is 0 Å². The summed E-state index contributed by atoms with van der Waals surface area (Å²) in [4.78, 5) is 0. The third-order valence-corrected chi connectivity index (χ3v) is 1.22. The summed E-state index contributed by atoms with van der Waals surface area (Å²) in [7, 11) is 0. The second-order valence-corrected chi connectivity index (χ2v) is 1.96. The molecule has 0 aliphatic rings. The third kappa shape index (κ3) is 2.22. The Balaban J connectivity index is 2.96. The zero-order valence-electron chi connectivity index (χ0n) is 12.6. The van der Waals surface area contributed by atoms with E-state index >= 15 is 0 Å². The molecule has 0 N–H and O–H groups in total.